The molecule has 0 fully saturated rings. The Balaban J connectivity index is 1.48. The van der Waals surface area contributed by atoms with Gasteiger partial charge in [0.05, 0.1) is 11.0 Å². The van der Waals surface area contributed by atoms with E-state index in [2.05, 4.69) is 0 Å². The van der Waals surface area contributed by atoms with Gasteiger partial charge in [-0.05, 0) is 42.5 Å². The highest BCUT2D eigenvalue weighted by atomic mass is 16.5. The largest absolute Gasteiger partial charge is 0.448 e. The second-order valence-corrected chi connectivity index (χ2v) is 10.0. The number of para-hydroxylation sites is 2. The number of benzene rings is 4. The number of carbonyl (C=O) groups is 2. The van der Waals surface area contributed by atoms with E-state index in [4.69, 9.17) is 4.74 Å². The number of carbonyl (C=O) groups excluding carboxylic acids is 2. The van der Waals surface area contributed by atoms with Crippen molar-refractivity contribution in [2.24, 2.45) is 7.05 Å². The number of hydrogen-bond acceptors (Lipinski definition) is 4. The summed E-state index contributed by atoms with van der Waals surface area (Å²) in [7, 11) is 1.57. The first kappa shape index (κ1) is 25.3. The highest BCUT2D eigenvalue weighted by Gasteiger charge is 2.30. The SMILES string of the molecule is CCC(OC(=O)c1c(-c2ccc(C)cc2)c2ccccc2c(=O)n1C)C(=O)n1c2ccccc2c2ccccc21. The van der Waals surface area contributed by atoms with Crippen molar-refractivity contribution >= 4 is 44.5 Å². The van der Waals surface area contributed by atoms with Crippen molar-refractivity contribution < 1.29 is 14.3 Å². The molecule has 1 unspecified atom stereocenters. The Kier molecular flexibility index (Phi) is 6.31. The number of rotatable bonds is 5. The van der Waals surface area contributed by atoms with Crippen LogP contribution in [0.15, 0.2) is 102 Å². The van der Waals surface area contributed by atoms with Crippen molar-refractivity contribution in [3.05, 3.63) is 119 Å². The molecule has 0 saturated heterocycles. The van der Waals surface area contributed by atoms with Gasteiger partial charge in [0.2, 0.25) is 0 Å². The molecule has 0 saturated carbocycles. The molecule has 4 aromatic carbocycles. The summed E-state index contributed by atoms with van der Waals surface area (Å²) in [5, 5.41) is 3.06. The molecule has 1 atom stereocenters. The highest BCUT2D eigenvalue weighted by molar-refractivity contribution is 6.14. The molecule has 0 spiro atoms. The van der Waals surface area contributed by atoms with Gasteiger partial charge in [0.15, 0.2) is 6.10 Å². The van der Waals surface area contributed by atoms with Crippen LogP contribution >= 0.6 is 0 Å². The zero-order valence-corrected chi connectivity index (χ0v) is 22.5. The van der Waals surface area contributed by atoms with Crippen molar-refractivity contribution in [3.63, 3.8) is 0 Å². The molecule has 0 bridgehead atoms. The van der Waals surface area contributed by atoms with E-state index in [0.29, 0.717) is 16.3 Å². The molecule has 6 nitrogen and oxygen atoms in total. The number of esters is 1. The van der Waals surface area contributed by atoms with Crippen LogP contribution in [0.2, 0.25) is 0 Å². The van der Waals surface area contributed by atoms with Crippen LogP contribution in [0.25, 0.3) is 43.7 Å². The third-order valence-electron chi connectivity index (χ3n) is 7.53. The molecule has 2 aromatic heterocycles. The Bertz CT molecular complexity index is 1940. The molecule has 0 aliphatic heterocycles. The minimum Gasteiger partial charge on any atom is -0.448 e. The van der Waals surface area contributed by atoms with Gasteiger partial charge < -0.3 is 9.30 Å². The second kappa shape index (κ2) is 9.97. The van der Waals surface area contributed by atoms with Gasteiger partial charge in [-0.1, -0.05) is 91.3 Å². The topological polar surface area (TPSA) is 70.3 Å². The van der Waals surface area contributed by atoms with Crippen molar-refractivity contribution in [1.29, 1.82) is 0 Å². The number of fused-ring (bicyclic) bond motifs is 4. The lowest BCUT2D eigenvalue weighted by Crippen LogP contribution is -2.33. The van der Waals surface area contributed by atoms with E-state index in [1.165, 1.54) is 4.57 Å². The Labute approximate surface area is 231 Å². The fourth-order valence-corrected chi connectivity index (χ4v) is 5.51. The summed E-state index contributed by atoms with van der Waals surface area (Å²) in [5.74, 6) is -1.06. The lowest BCUT2D eigenvalue weighted by molar-refractivity contribution is 0.0236. The Hall–Kier alpha value is -4.97. The molecule has 198 valence electrons. The molecule has 6 rings (SSSR count). The smallest absolute Gasteiger partial charge is 0.356 e. The first-order chi connectivity index (χ1) is 19.4. The second-order valence-electron chi connectivity index (χ2n) is 10.0. The van der Waals surface area contributed by atoms with Crippen LogP contribution in [0, 0.1) is 6.92 Å². The number of nitrogens with zero attached hydrogens (tertiary/aromatic N) is 2. The lowest BCUT2D eigenvalue weighted by Gasteiger charge is -2.20. The monoisotopic (exact) mass is 528 g/mol. The zero-order valence-electron chi connectivity index (χ0n) is 22.5. The third kappa shape index (κ3) is 4.00. The van der Waals surface area contributed by atoms with Gasteiger partial charge in [0, 0.05) is 28.8 Å². The van der Waals surface area contributed by atoms with Crippen molar-refractivity contribution in [1.82, 2.24) is 9.13 Å². The van der Waals surface area contributed by atoms with Gasteiger partial charge in [-0.15, -0.1) is 0 Å². The zero-order chi connectivity index (χ0) is 28.0. The fraction of sp³-hybridized carbons (Fsp3) is 0.147. The summed E-state index contributed by atoms with van der Waals surface area (Å²) in [6.45, 7) is 3.80. The number of pyridine rings is 1. The van der Waals surface area contributed by atoms with Gasteiger partial charge >= 0.3 is 5.97 Å². The molecular formula is C34H28N2O4. The summed E-state index contributed by atoms with van der Waals surface area (Å²) < 4.78 is 8.93. The van der Waals surface area contributed by atoms with Crippen LogP contribution in [0.3, 0.4) is 0 Å². The molecule has 0 amide bonds. The number of ether oxygens (including phenoxy) is 1. The molecule has 40 heavy (non-hydrogen) atoms. The van der Waals surface area contributed by atoms with E-state index in [0.717, 1.165) is 32.9 Å². The van der Waals surface area contributed by atoms with Gasteiger partial charge in [-0.2, -0.15) is 0 Å². The summed E-state index contributed by atoms with van der Waals surface area (Å²) in [6.07, 6.45) is -0.786. The first-order valence-corrected chi connectivity index (χ1v) is 13.3. The van der Waals surface area contributed by atoms with E-state index < -0.39 is 12.1 Å². The Morgan fingerprint density at radius 3 is 1.85 bits per heavy atom. The number of aryl methyl sites for hydroxylation is 1. The fourth-order valence-electron chi connectivity index (χ4n) is 5.51. The van der Waals surface area contributed by atoms with E-state index >= 15 is 0 Å². The predicted molar refractivity (Wildman–Crippen MR) is 159 cm³/mol. The summed E-state index contributed by atoms with van der Waals surface area (Å²) in [6, 6.07) is 30.4. The Morgan fingerprint density at radius 2 is 1.27 bits per heavy atom. The van der Waals surface area contributed by atoms with E-state index in [-0.39, 0.29) is 23.6 Å². The van der Waals surface area contributed by atoms with Crippen molar-refractivity contribution in [2.75, 3.05) is 0 Å². The molecule has 0 aliphatic carbocycles. The minimum atomic E-state index is -1.06. The van der Waals surface area contributed by atoms with Crippen molar-refractivity contribution in [3.8, 4) is 11.1 Å². The highest BCUT2D eigenvalue weighted by Crippen LogP contribution is 2.33. The Morgan fingerprint density at radius 1 is 0.750 bits per heavy atom. The summed E-state index contributed by atoms with van der Waals surface area (Å²) >= 11 is 0. The van der Waals surface area contributed by atoms with E-state index in [1.807, 2.05) is 98.8 Å². The average molecular weight is 529 g/mol. The van der Waals surface area contributed by atoms with Gasteiger partial charge in [0.1, 0.15) is 5.69 Å². The minimum absolute atomic E-state index is 0.112. The molecule has 0 aliphatic rings. The first-order valence-electron chi connectivity index (χ1n) is 13.3. The molecule has 6 aromatic rings. The van der Waals surface area contributed by atoms with Crippen molar-refractivity contribution in [2.45, 2.75) is 26.4 Å². The predicted octanol–water partition coefficient (Wildman–Crippen LogP) is 6.90. The van der Waals surface area contributed by atoms with Gasteiger partial charge in [-0.3, -0.25) is 14.2 Å². The standard InChI is InChI=1S/C34H28N2O4/c1-4-29(33(38)36-27-15-9-7-11-23(27)24-12-8-10-16-28(24)36)40-34(39)31-30(22-19-17-21(2)18-20-22)25-13-5-6-14-26(25)32(37)35(31)3/h5-20,29H,4H2,1-3H3. The van der Waals surface area contributed by atoms with E-state index in [9.17, 15) is 14.4 Å². The maximum Gasteiger partial charge on any atom is 0.356 e. The van der Waals surface area contributed by atoms with Gasteiger partial charge in [-0.25, -0.2) is 4.79 Å². The number of hydrogen-bond donors (Lipinski definition) is 0. The summed E-state index contributed by atoms with van der Waals surface area (Å²) in [5.41, 5.74) is 3.77. The van der Waals surface area contributed by atoms with Gasteiger partial charge in [0.25, 0.3) is 11.5 Å². The maximum absolute atomic E-state index is 14.0. The maximum atomic E-state index is 14.0. The molecule has 6 heteroatoms. The van der Waals surface area contributed by atoms with Crippen LogP contribution in [0.4, 0.5) is 0 Å². The van der Waals surface area contributed by atoms with Crippen LogP contribution in [0.5, 0.6) is 0 Å². The normalized spacial score (nSPS) is 12.2. The van der Waals surface area contributed by atoms with Crippen LogP contribution in [0.1, 0.15) is 34.2 Å². The molecule has 0 radical (unpaired) electrons. The number of aromatic nitrogens is 2. The molecule has 2 heterocycles. The average Bonchev–Trinajstić information content (AvgIpc) is 3.32. The van der Waals surface area contributed by atoms with Crippen LogP contribution < -0.4 is 5.56 Å². The molecule has 0 N–H and O–H groups in total. The quantitative estimate of drug-likeness (QED) is 0.228. The van der Waals surface area contributed by atoms with Crippen LogP contribution in [-0.2, 0) is 11.8 Å². The molecular weight excluding hydrogens is 500 g/mol. The van der Waals surface area contributed by atoms with E-state index in [1.54, 1.807) is 23.7 Å². The van der Waals surface area contributed by atoms with Crippen LogP contribution in [-0.4, -0.2) is 27.1 Å². The third-order valence-corrected chi connectivity index (χ3v) is 7.53. The lowest BCUT2D eigenvalue weighted by atomic mass is 9.96. The summed E-state index contributed by atoms with van der Waals surface area (Å²) in [4.78, 5) is 41.3.